The van der Waals surface area contributed by atoms with Crippen molar-refractivity contribution in [1.29, 1.82) is 0 Å². The van der Waals surface area contributed by atoms with Crippen LogP contribution in [0.3, 0.4) is 0 Å². The molecule has 1 aromatic heterocycles. The molecule has 1 aliphatic heterocycles. The summed E-state index contributed by atoms with van der Waals surface area (Å²) < 4.78 is 0.742. The average Bonchev–Trinajstić information content (AvgIpc) is 2.39. The summed E-state index contributed by atoms with van der Waals surface area (Å²) in [5.41, 5.74) is 1.90. The van der Waals surface area contributed by atoms with Gasteiger partial charge in [-0.1, -0.05) is 24.3 Å². The van der Waals surface area contributed by atoms with Crippen LogP contribution in [0.5, 0.6) is 0 Å². The Balaban J connectivity index is 2.00. The van der Waals surface area contributed by atoms with E-state index in [4.69, 9.17) is 0 Å². The van der Waals surface area contributed by atoms with Crippen LogP contribution < -0.4 is 4.90 Å². The van der Waals surface area contributed by atoms with E-state index < -0.39 is 0 Å². The Bertz CT molecular complexity index is 612. The minimum atomic E-state index is 0.0300. The fourth-order valence-electron chi connectivity index (χ4n) is 2.19. The van der Waals surface area contributed by atoms with Gasteiger partial charge >= 0.3 is 0 Å². The summed E-state index contributed by atoms with van der Waals surface area (Å²) in [6.07, 6.45) is 0.871. The summed E-state index contributed by atoms with van der Waals surface area (Å²) in [6.45, 7) is 0.680. The number of pyridine rings is 1. The van der Waals surface area contributed by atoms with Crippen molar-refractivity contribution < 1.29 is 4.79 Å². The zero-order valence-electron chi connectivity index (χ0n) is 9.64. The molecule has 3 rings (SSSR count). The van der Waals surface area contributed by atoms with Crippen molar-refractivity contribution in [3.8, 4) is 0 Å². The van der Waals surface area contributed by atoms with Crippen molar-refractivity contribution >= 4 is 27.7 Å². The number of carbonyl (C=O) groups excluding carboxylic acids is 1. The lowest BCUT2D eigenvalue weighted by Gasteiger charge is -2.27. The summed E-state index contributed by atoms with van der Waals surface area (Å²) in [5.74, 6) is 0.728. The zero-order chi connectivity index (χ0) is 12.5. The van der Waals surface area contributed by atoms with Crippen LogP contribution in [-0.2, 0) is 6.42 Å². The zero-order valence-corrected chi connectivity index (χ0v) is 11.2. The Labute approximate surface area is 114 Å². The smallest absolute Gasteiger partial charge is 0.259 e. The van der Waals surface area contributed by atoms with Crippen molar-refractivity contribution in [1.82, 2.24) is 4.98 Å². The SMILES string of the molecule is O=C1c2ccccc2CCN1c1cccc(Br)n1. The van der Waals surface area contributed by atoms with Crippen molar-refractivity contribution in [2.45, 2.75) is 6.42 Å². The van der Waals surface area contributed by atoms with E-state index in [-0.39, 0.29) is 5.91 Å². The third-order valence-electron chi connectivity index (χ3n) is 3.07. The number of amides is 1. The molecule has 4 heteroatoms. The second-order valence-corrected chi connectivity index (χ2v) is 4.99. The number of halogens is 1. The molecule has 90 valence electrons. The molecule has 3 nitrogen and oxygen atoms in total. The van der Waals surface area contributed by atoms with Crippen LogP contribution in [0.25, 0.3) is 0 Å². The molecule has 0 aliphatic carbocycles. The normalized spacial score (nSPS) is 14.5. The first-order valence-electron chi connectivity index (χ1n) is 5.78. The topological polar surface area (TPSA) is 33.2 Å². The molecule has 0 saturated heterocycles. The van der Waals surface area contributed by atoms with Crippen LogP contribution in [0.15, 0.2) is 47.1 Å². The first kappa shape index (κ1) is 11.4. The molecule has 0 N–H and O–H groups in total. The highest BCUT2D eigenvalue weighted by atomic mass is 79.9. The van der Waals surface area contributed by atoms with Crippen molar-refractivity contribution in [2.75, 3.05) is 11.4 Å². The molecule has 2 heterocycles. The third kappa shape index (κ3) is 1.93. The van der Waals surface area contributed by atoms with Crippen LogP contribution in [0.1, 0.15) is 15.9 Å². The maximum absolute atomic E-state index is 12.4. The molecule has 0 bridgehead atoms. The number of rotatable bonds is 1. The maximum atomic E-state index is 12.4. The van der Waals surface area contributed by atoms with E-state index >= 15 is 0 Å². The molecule has 0 atom stereocenters. The summed E-state index contributed by atoms with van der Waals surface area (Å²) in [4.78, 5) is 18.5. The number of benzene rings is 1. The van der Waals surface area contributed by atoms with Gasteiger partial charge in [-0.2, -0.15) is 0 Å². The first-order chi connectivity index (χ1) is 8.75. The lowest BCUT2D eigenvalue weighted by atomic mass is 9.99. The van der Waals surface area contributed by atoms with E-state index in [0.29, 0.717) is 12.4 Å². The second-order valence-electron chi connectivity index (χ2n) is 4.18. The number of hydrogen-bond donors (Lipinski definition) is 0. The molecule has 0 saturated carbocycles. The van der Waals surface area contributed by atoms with Gasteiger partial charge in [-0.05, 0) is 46.1 Å². The van der Waals surface area contributed by atoms with Gasteiger partial charge in [0.2, 0.25) is 0 Å². The lowest BCUT2D eigenvalue weighted by molar-refractivity contribution is 0.0980. The molecular weight excluding hydrogens is 292 g/mol. The highest BCUT2D eigenvalue weighted by Gasteiger charge is 2.25. The summed E-state index contributed by atoms with van der Waals surface area (Å²) in [5, 5.41) is 0. The predicted molar refractivity (Wildman–Crippen MR) is 73.8 cm³/mol. The quantitative estimate of drug-likeness (QED) is 0.759. The highest BCUT2D eigenvalue weighted by molar-refractivity contribution is 9.10. The van der Waals surface area contributed by atoms with Gasteiger partial charge in [0.05, 0.1) is 0 Å². The van der Waals surface area contributed by atoms with Gasteiger partial charge in [0.15, 0.2) is 0 Å². The Morgan fingerprint density at radius 2 is 1.94 bits per heavy atom. The number of anilines is 1. The Morgan fingerprint density at radius 1 is 1.11 bits per heavy atom. The predicted octanol–water partition coefficient (Wildman–Crippen LogP) is 3.05. The third-order valence-corrected chi connectivity index (χ3v) is 3.52. The Morgan fingerprint density at radius 3 is 2.78 bits per heavy atom. The molecule has 2 aromatic rings. The molecule has 0 unspecified atom stereocenters. The summed E-state index contributed by atoms with van der Waals surface area (Å²) in [7, 11) is 0. The standard InChI is InChI=1S/C14H11BrN2O/c15-12-6-3-7-13(16-12)17-9-8-10-4-1-2-5-11(10)14(17)18/h1-7H,8-9H2. The largest absolute Gasteiger partial charge is 0.292 e. The van der Waals surface area contributed by atoms with E-state index in [1.165, 1.54) is 0 Å². The van der Waals surface area contributed by atoms with Gasteiger partial charge < -0.3 is 0 Å². The van der Waals surface area contributed by atoms with Gasteiger partial charge in [-0.3, -0.25) is 9.69 Å². The minimum Gasteiger partial charge on any atom is -0.292 e. The Kier molecular flexibility index (Phi) is 2.88. The highest BCUT2D eigenvalue weighted by Crippen LogP contribution is 2.23. The fourth-order valence-corrected chi connectivity index (χ4v) is 2.53. The van der Waals surface area contributed by atoms with Crippen molar-refractivity contribution in [2.24, 2.45) is 0 Å². The molecule has 1 amide bonds. The van der Waals surface area contributed by atoms with E-state index in [0.717, 1.165) is 22.2 Å². The van der Waals surface area contributed by atoms with Gasteiger partial charge in [-0.25, -0.2) is 4.98 Å². The molecule has 0 spiro atoms. The number of fused-ring (bicyclic) bond motifs is 1. The first-order valence-corrected chi connectivity index (χ1v) is 6.57. The van der Waals surface area contributed by atoms with Crippen molar-refractivity contribution in [3.63, 3.8) is 0 Å². The van der Waals surface area contributed by atoms with Gasteiger partial charge in [0.1, 0.15) is 10.4 Å². The minimum absolute atomic E-state index is 0.0300. The van der Waals surface area contributed by atoms with Crippen LogP contribution >= 0.6 is 15.9 Å². The van der Waals surface area contributed by atoms with Crippen LogP contribution in [0, 0.1) is 0 Å². The molecule has 0 radical (unpaired) electrons. The molecule has 18 heavy (non-hydrogen) atoms. The second kappa shape index (κ2) is 4.53. The lowest BCUT2D eigenvalue weighted by Crippen LogP contribution is -2.38. The molecule has 0 fully saturated rings. The van der Waals surface area contributed by atoms with Crippen molar-refractivity contribution in [3.05, 3.63) is 58.2 Å². The van der Waals surface area contributed by atoms with Gasteiger partial charge in [-0.15, -0.1) is 0 Å². The number of aromatic nitrogens is 1. The number of nitrogens with zero attached hydrogens (tertiary/aromatic N) is 2. The van der Waals surface area contributed by atoms with Crippen LogP contribution in [0.2, 0.25) is 0 Å². The van der Waals surface area contributed by atoms with Gasteiger partial charge in [0.25, 0.3) is 5.91 Å². The Hall–Kier alpha value is -1.68. The summed E-state index contributed by atoms with van der Waals surface area (Å²) in [6, 6.07) is 13.4. The summed E-state index contributed by atoms with van der Waals surface area (Å²) >= 11 is 3.33. The molecule has 1 aromatic carbocycles. The van der Waals surface area contributed by atoms with Crippen LogP contribution in [-0.4, -0.2) is 17.4 Å². The van der Waals surface area contributed by atoms with E-state index in [1.807, 2.05) is 42.5 Å². The monoisotopic (exact) mass is 302 g/mol. The fraction of sp³-hybridized carbons (Fsp3) is 0.143. The number of hydrogen-bond acceptors (Lipinski definition) is 2. The van der Waals surface area contributed by atoms with E-state index in [9.17, 15) is 4.79 Å². The van der Waals surface area contributed by atoms with Gasteiger partial charge in [0, 0.05) is 12.1 Å². The average molecular weight is 303 g/mol. The van der Waals surface area contributed by atoms with E-state index in [1.54, 1.807) is 4.90 Å². The van der Waals surface area contributed by atoms with E-state index in [2.05, 4.69) is 20.9 Å². The molecule has 1 aliphatic rings. The maximum Gasteiger partial charge on any atom is 0.259 e. The molecular formula is C14H11BrN2O. The number of carbonyl (C=O) groups is 1. The van der Waals surface area contributed by atoms with Crippen LogP contribution in [0.4, 0.5) is 5.82 Å².